The summed E-state index contributed by atoms with van der Waals surface area (Å²) < 4.78 is 0. The van der Waals surface area contributed by atoms with E-state index >= 15 is 0 Å². The summed E-state index contributed by atoms with van der Waals surface area (Å²) in [6.07, 6.45) is 4.35. The highest BCUT2D eigenvalue weighted by atomic mass is 15.1. The molecule has 1 fully saturated rings. The number of hydrogen-bond donors (Lipinski definition) is 1. The Morgan fingerprint density at radius 3 is 2.78 bits per heavy atom. The van der Waals surface area contributed by atoms with Gasteiger partial charge in [-0.1, -0.05) is 6.92 Å². The molecule has 0 bridgehead atoms. The maximum atomic E-state index is 6.00. The summed E-state index contributed by atoms with van der Waals surface area (Å²) >= 11 is 0. The summed E-state index contributed by atoms with van der Waals surface area (Å²) in [5, 5.41) is 1.17. The van der Waals surface area contributed by atoms with Gasteiger partial charge in [0.05, 0.1) is 11.2 Å². The van der Waals surface area contributed by atoms with E-state index in [0.29, 0.717) is 0 Å². The third kappa shape index (κ3) is 1.90. The highest BCUT2D eigenvalue weighted by Gasteiger charge is 2.18. The van der Waals surface area contributed by atoms with Crippen molar-refractivity contribution in [3.05, 3.63) is 30.5 Å². The minimum absolute atomic E-state index is 0.764. The molecule has 0 spiro atoms. The SMILES string of the molecule is CC1CCN(c2ccc(N)c3ncccc23)CC1. The fourth-order valence-electron chi connectivity index (χ4n) is 2.70. The van der Waals surface area contributed by atoms with Crippen molar-refractivity contribution in [2.24, 2.45) is 5.92 Å². The summed E-state index contributed by atoms with van der Waals surface area (Å²) in [5.74, 6) is 0.847. The Bertz CT molecular complexity index is 557. The third-order valence-electron chi connectivity index (χ3n) is 3.90. The van der Waals surface area contributed by atoms with Crippen LogP contribution in [0, 0.1) is 5.92 Å². The van der Waals surface area contributed by atoms with Gasteiger partial charge in [-0.05, 0) is 43.0 Å². The number of nitrogens with two attached hydrogens (primary N) is 1. The molecule has 2 aromatic rings. The van der Waals surface area contributed by atoms with Gasteiger partial charge in [0.25, 0.3) is 0 Å². The average Bonchev–Trinajstić information content (AvgIpc) is 2.41. The molecule has 0 aliphatic carbocycles. The first-order valence-electron chi connectivity index (χ1n) is 6.64. The van der Waals surface area contributed by atoms with Gasteiger partial charge in [0.2, 0.25) is 0 Å². The van der Waals surface area contributed by atoms with Crippen molar-refractivity contribution >= 4 is 22.3 Å². The van der Waals surface area contributed by atoms with E-state index < -0.39 is 0 Å². The van der Waals surface area contributed by atoms with Gasteiger partial charge < -0.3 is 10.6 Å². The van der Waals surface area contributed by atoms with Gasteiger partial charge in [0.1, 0.15) is 0 Å². The van der Waals surface area contributed by atoms with Crippen LogP contribution in [-0.2, 0) is 0 Å². The first-order valence-corrected chi connectivity index (χ1v) is 6.64. The van der Waals surface area contributed by atoms with E-state index in [1.54, 1.807) is 6.20 Å². The third-order valence-corrected chi connectivity index (χ3v) is 3.90. The molecular formula is C15H19N3. The Kier molecular flexibility index (Phi) is 2.82. The van der Waals surface area contributed by atoms with Gasteiger partial charge in [-0.2, -0.15) is 0 Å². The van der Waals surface area contributed by atoms with Gasteiger partial charge >= 0.3 is 0 Å². The lowest BCUT2D eigenvalue weighted by molar-refractivity contribution is 0.439. The van der Waals surface area contributed by atoms with Crippen LogP contribution in [0.15, 0.2) is 30.5 Å². The predicted octanol–water partition coefficient (Wildman–Crippen LogP) is 3.05. The Balaban J connectivity index is 2.04. The van der Waals surface area contributed by atoms with Crippen LogP contribution in [0.2, 0.25) is 0 Å². The first-order chi connectivity index (χ1) is 8.75. The van der Waals surface area contributed by atoms with Crippen molar-refractivity contribution in [3.63, 3.8) is 0 Å². The van der Waals surface area contributed by atoms with Crippen molar-refractivity contribution in [1.29, 1.82) is 0 Å². The lowest BCUT2D eigenvalue weighted by Gasteiger charge is -2.33. The molecule has 1 aromatic carbocycles. The summed E-state index contributed by atoms with van der Waals surface area (Å²) in [5.41, 5.74) is 8.96. The second kappa shape index (κ2) is 4.48. The molecule has 2 N–H and O–H groups in total. The Hall–Kier alpha value is -1.77. The van der Waals surface area contributed by atoms with Crippen LogP contribution in [0.5, 0.6) is 0 Å². The monoisotopic (exact) mass is 241 g/mol. The number of piperidine rings is 1. The second-order valence-electron chi connectivity index (χ2n) is 5.24. The van der Waals surface area contributed by atoms with E-state index in [-0.39, 0.29) is 0 Å². The fraction of sp³-hybridized carbons (Fsp3) is 0.400. The lowest BCUT2D eigenvalue weighted by Crippen LogP contribution is -2.32. The molecule has 0 radical (unpaired) electrons. The molecule has 18 heavy (non-hydrogen) atoms. The number of pyridine rings is 1. The second-order valence-corrected chi connectivity index (χ2v) is 5.24. The molecule has 2 heterocycles. The number of rotatable bonds is 1. The highest BCUT2D eigenvalue weighted by molar-refractivity contribution is 5.98. The zero-order chi connectivity index (χ0) is 12.5. The predicted molar refractivity (Wildman–Crippen MR) is 76.8 cm³/mol. The van der Waals surface area contributed by atoms with Crippen LogP contribution in [0.1, 0.15) is 19.8 Å². The molecule has 1 aromatic heterocycles. The van der Waals surface area contributed by atoms with E-state index in [1.807, 2.05) is 12.1 Å². The molecule has 94 valence electrons. The molecular weight excluding hydrogens is 222 g/mol. The normalized spacial score (nSPS) is 17.3. The molecule has 1 saturated heterocycles. The molecule has 0 amide bonds. The lowest BCUT2D eigenvalue weighted by atomic mass is 9.98. The minimum atomic E-state index is 0.764. The van der Waals surface area contributed by atoms with Crippen LogP contribution in [0.4, 0.5) is 11.4 Å². The van der Waals surface area contributed by atoms with Crippen molar-refractivity contribution in [3.8, 4) is 0 Å². The van der Waals surface area contributed by atoms with Gasteiger partial charge in [0, 0.05) is 30.4 Å². The maximum Gasteiger partial charge on any atom is 0.0951 e. The number of hydrogen-bond acceptors (Lipinski definition) is 3. The summed E-state index contributed by atoms with van der Waals surface area (Å²) in [4.78, 5) is 6.86. The number of nitrogens with zero attached hydrogens (tertiary/aromatic N) is 2. The standard InChI is InChI=1S/C15H19N3/c1-11-6-9-18(10-7-11)14-5-4-13(16)15-12(14)3-2-8-17-15/h2-5,8,11H,6-7,9-10,16H2,1H3. The summed E-state index contributed by atoms with van der Waals surface area (Å²) in [6, 6.07) is 8.21. The highest BCUT2D eigenvalue weighted by Crippen LogP contribution is 2.31. The zero-order valence-corrected chi connectivity index (χ0v) is 10.8. The molecule has 3 heteroatoms. The topological polar surface area (TPSA) is 42.1 Å². The number of aromatic nitrogens is 1. The van der Waals surface area contributed by atoms with Crippen molar-refractivity contribution < 1.29 is 0 Å². The number of nitrogen functional groups attached to an aromatic ring is 1. The summed E-state index contributed by atoms with van der Waals surface area (Å²) in [7, 11) is 0. The summed E-state index contributed by atoms with van der Waals surface area (Å²) in [6.45, 7) is 4.60. The molecule has 1 aliphatic rings. The minimum Gasteiger partial charge on any atom is -0.397 e. The van der Waals surface area contributed by atoms with E-state index in [1.165, 1.54) is 23.9 Å². The molecule has 0 saturated carbocycles. The van der Waals surface area contributed by atoms with E-state index in [0.717, 1.165) is 30.2 Å². The first kappa shape index (κ1) is 11.3. The van der Waals surface area contributed by atoms with Crippen LogP contribution >= 0.6 is 0 Å². The Morgan fingerprint density at radius 2 is 2.00 bits per heavy atom. The molecule has 1 aliphatic heterocycles. The van der Waals surface area contributed by atoms with Crippen molar-refractivity contribution in [1.82, 2.24) is 4.98 Å². The maximum absolute atomic E-state index is 6.00. The van der Waals surface area contributed by atoms with Crippen LogP contribution in [-0.4, -0.2) is 18.1 Å². The van der Waals surface area contributed by atoms with Crippen molar-refractivity contribution in [2.75, 3.05) is 23.7 Å². The molecule has 0 atom stereocenters. The van der Waals surface area contributed by atoms with Gasteiger partial charge in [-0.25, -0.2) is 0 Å². The molecule has 0 unspecified atom stereocenters. The quantitative estimate of drug-likeness (QED) is 0.780. The van der Waals surface area contributed by atoms with E-state index in [4.69, 9.17) is 5.73 Å². The largest absolute Gasteiger partial charge is 0.397 e. The number of anilines is 2. The smallest absolute Gasteiger partial charge is 0.0951 e. The van der Waals surface area contributed by atoms with E-state index in [9.17, 15) is 0 Å². The zero-order valence-electron chi connectivity index (χ0n) is 10.8. The van der Waals surface area contributed by atoms with Gasteiger partial charge in [0.15, 0.2) is 0 Å². The van der Waals surface area contributed by atoms with Crippen LogP contribution < -0.4 is 10.6 Å². The molecule has 3 nitrogen and oxygen atoms in total. The van der Waals surface area contributed by atoms with Gasteiger partial charge in [-0.3, -0.25) is 4.98 Å². The number of benzene rings is 1. The Labute approximate surface area is 108 Å². The Morgan fingerprint density at radius 1 is 1.22 bits per heavy atom. The van der Waals surface area contributed by atoms with Crippen molar-refractivity contribution in [2.45, 2.75) is 19.8 Å². The fourth-order valence-corrected chi connectivity index (χ4v) is 2.70. The van der Waals surface area contributed by atoms with Crippen LogP contribution in [0.3, 0.4) is 0 Å². The average molecular weight is 241 g/mol. The molecule has 3 rings (SSSR count). The van der Waals surface area contributed by atoms with Crippen LogP contribution in [0.25, 0.3) is 10.9 Å². The number of fused-ring (bicyclic) bond motifs is 1. The van der Waals surface area contributed by atoms with E-state index in [2.05, 4.69) is 28.9 Å². The van der Waals surface area contributed by atoms with Gasteiger partial charge in [-0.15, -0.1) is 0 Å².